The topological polar surface area (TPSA) is 164 Å². The first-order valence-electron chi connectivity index (χ1n) is 21.8. The van der Waals surface area contributed by atoms with Crippen LogP contribution in [-0.2, 0) is 58.1 Å². The van der Waals surface area contributed by atoms with Gasteiger partial charge >= 0.3 is 17.9 Å². The van der Waals surface area contributed by atoms with Crippen molar-refractivity contribution >= 4 is 17.9 Å². The molecule has 0 unspecified atom stereocenters. The molecule has 4 fully saturated rings. The number of carbonyl (C=O) groups is 3. The molecule has 12 heteroatoms. The third kappa shape index (κ3) is 12.0. The number of rotatable bonds is 20. The van der Waals surface area contributed by atoms with Crippen molar-refractivity contribution in [1.82, 2.24) is 25.8 Å². The van der Waals surface area contributed by atoms with E-state index in [1.165, 1.54) is 5.56 Å². The quantitative estimate of drug-likeness (QED) is 0.0969. The molecule has 3 aromatic carbocycles. The number of nitrogens with one attached hydrogen (secondary N) is 3. The van der Waals surface area contributed by atoms with E-state index < -0.39 is 35.7 Å². The van der Waals surface area contributed by atoms with E-state index in [0.29, 0.717) is 32.5 Å². The maximum atomic E-state index is 12.3. The third-order valence-corrected chi connectivity index (χ3v) is 13.4. The van der Waals surface area contributed by atoms with Crippen LogP contribution in [0, 0.1) is 35.5 Å². The minimum Gasteiger partial charge on any atom is -0.481 e. The normalized spacial score (nSPS) is 24.2. The highest BCUT2D eigenvalue weighted by atomic mass is 16.5. The van der Waals surface area contributed by atoms with E-state index in [-0.39, 0.29) is 23.8 Å². The van der Waals surface area contributed by atoms with Crippen LogP contribution in [0.15, 0.2) is 72.8 Å². The zero-order chi connectivity index (χ0) is 41.1. The SMILES string of the molecule is O=C(O)[C@@H](Cc1cccc(COC[C@H]2CN(Cc3cccc(C[C@H](C(=O)O)[C@H]4CCNC4)c3)CCN2Cc2cccc(C[C@H](C(=O)O)[C@H]3CCNC3)c2)c1)[C@H]1CCNC1. The fourth-order valence-corrected chi connectivity index (χ4v) is 10.0. The molecule has 6 N–H and O–H groups in total. The molecule has 4 heterocycles. The van der Waals surface area contributed by atoms with Gasteiger partial charge in [-0.2, -0.15) is 0 Å². The Morgan fingerprint density at radius 3 is 1.46 bits per heavy atom. The Balaban J connectivity index is 1.02. The van der Waals surface area contributed by atoms with Crippen molar-refractivity contribution in [1.29, 1.82) is 0 Å². The van der Waals surface area contributed by atoms with Crippen molar-refractivity contribution < 1.29 is 34.4 Å². The van der Waals surface area contributed by atoms with Crippen LogP contribution in [0.2, 0.25) is 0 Å². The standard InChI is InChI=1S/C47H63N5O7/c53-45(54)42(38-10-13-48-24-38)21-32-4-1-7-35(18-32)27-51-16-17-52(28-36-8-2-5-33(19-36)22-43(46(55)56)39-11-14-49-25-39)41(29-51)31-59-30-37-9-3-6-34(20-37)23-44(47(57)58)40-12-15-50-26-40/h1-9,18-20,38-44,48-50H,10-17,21-31H2,(H,53,54)(H,55,56)(H,57,58)/t38-,39-,40-,41+,42-,43-,44-/m0/s1. The molecule has 7 rings (SSSR count). The lowest BCUT2D eigenvalue weighted by Crippen LogP contribution is -2.54. The fourth-order valence-electron chi connectivity index (χ4n) is 10.0. The minimum atomic E-state index is -0.738. The van der Waals surface area contributed by atoms with Gasteiger partial charge in [0.2, 0.25) is 0 Å². The van der Waals surface area contributed by atoms with Gasteiger partial charge in [0.1, 0.15) is 0 Å². The van der Waals surface area contributed by atoms with Gasteiger partial charge in [0.05, 0.1) is 31.0 Å². The Labute approximate surface area is 348 Å². The number of piperazine rings is 1. The summed E-state index contributed by atoms with van der Waals surface area (Å²) < 4.78 is 6.50. The Morgan fingerprint density at radius 2 is 1.02 bits per heavy atom. The summed E-state index contributed by atoms with van der Waals surface area (Å²) in [5.74, 6) is -3.00. The third-order valence-electron chi connectivity index (χ3n) is 13.4. The molecule has 0 spiro atoms. The van der Waals surface area contributed by atoms with Crippen molar-refractivity contribution in [2.24, 2.45) is 35.5 Å². The second-order valence-electron chi connectivity index (χ2n) is 17.5. The summed E-state index contributed by atoms with van der Waals surface area (Å²) in [5.41, 5.74) is 6.49. The van der Waals surface area contributed by atoms with Gasteiger partial charge in [0, 0.05) is 38.8 Å². The van der Waals surface area contributed by atoms with E-state index in [1.807, 2.05) is 18.2 Å². The maximum absolute atomic E-state index is 12.3. The Kier molecular flexibility index (Phi) is 15.2. The first kappa shape index (κ1) is 42.9. The summed E-state index contributed by atoms with van der Waals surface area (Å²) in [4.78, 5) is 41.7. The second-order valence-corrected chi connectivity index (χ2v) is 17.5. The van der Waals surface area contributed by atoms with Gasteiger partial charge in [0.25, 0.3) is 0 Å². The van der Waals surface area contributed by atoms with E-state index in [9.17, 15) is 29.7 Å². The molecular weight excluding hydrogens is 747 g/mol. The highest BCUT2D eigenvalue weighted by Crippen LogP contribution is 2.28. The van der Waals surface area contributed by atoms with Crippen LogP contribution in [0.5, 0.6) is 0 Å². The highest BCUT2D eigenvalue weighted by molar-refractivity contribution is 5.72. The number of nitrogens with zero attached hydrogens (tertiary/aromatic N) is 2. The molecule has 3 aromatic rings. The Bertz CT molecular complexity index is 1860. The van der Waals surface area contributed by atoms with Gasteiger partial charge in [-0.05, 0) is 129 Å². The summed E-state index contributed by atoms with van der Waals surface area (Å²) in [7, 11) is 0. The predicted molar refractivity (Wildman–Crippen MR) is 226 cm³/mol. The lowest BCUT2D eigenvalue weighted by molar-refractivity contribution is -0.144. The molecule has 59 heavy (non-hydrogen) atoms. The Morgan fingerprint density at radius 1 is 0.593 bits per heavy atom. The highest BCUT2D eigenvalue weighted by Gasteiger charge is 2.33. The summed E-state index contributed by atoms with van der Waals surface area (Å²) in [6.45, 7) is 9.77. The van der Waals surface area contributed by atoms with Gasteiger partial charge in [-0.25, -0.2) is 0 Å². The number of ether oxygens (including phenoxy) is 1. The van der Waals surface area contributed by atoms with Gasteiger partial charge < -0.3 is 36.0 Å². The van der Waals surface area contributed by atoms with Crippen molar-refractivity contribution in [2.45, 2.75) is 64.3 Å². The van der Waals surface area contributed by atoms with E-state index in [0.717, 1.165) is 119 Å². The van der Waals surface area contributed by atoms with E-state index >= 15 is 0 Å². The number of carboxylic acid groups (broad SMARTS) is 3. The van der Waals surface area contributed by atoms with Crippen LogP contribution in [0.4, 0.5) is 0 Å². The molecule has 4 aliphatic heterocycles. The molecular formula is C47H63N5O7. The summed E-state index contributed by atoms with van der Waals surface area (Å²) >= 11 is 0. The number of hydrogen-bond donors (Lipinski definition) is 6. The number of carboxylic acids is 3. The zero-order valence-corrected chi connectivity index (χ0v) is 34.3. The van der Waals surface area contributed by atoms with Crippen molar-refractivity contribution in [3.8, 4) is 0 Å². The monoisotopic (exact) mass is 809 g/mol. The van der Waals surface area contributed by atoms with E-state index in [1.54, 1.807) is 0 Å². The van der Waals surface area contributed by atoms with Crippen LogP contribution in [0.25, 0.3) is 0 Å². The molecule has 0 aromatic heterocycles. The fraction of sp³-hybridized carbons (Fsp3) is 0.553. The average molecular weight is 810 g/mol. The van der Waals surface area contributed by atoms with Crippen LogP contribution in [0.1, 0.15) is 52.6 Å². The Hall–Kier alpha value is -4.17. The minimum absolute atomic E-state index is 0.0904. The molecule has 318 valence electrons. The summed E-state index contributed by atoms with van der Waals surface area (Å²) in [5, 5.41) is 40.1. The van der Waals surface area contributed by atoms with Crippen LogP contribution >= 0.6 is 0 Å². The first-order chi connectivity index (χ1) is 28.7. The molecule has 4 saturated heterocycles. The summed E-state index contributed by atoms with van der Waals surface area (Å²) in [6.07, 6.45) is 4.21. The van der Waals surface area contributed by atoms with Gasteiger partial charge in [0.15, 0.2) is 0 Å². The van der Waals surface area contributed by atoms with E-state index in [4.69, 9.17) is 4.74 Å². The zero-order valence-electron chi connectivity index (χ0n) is 34.3. The second kappa shape index (κ2) is 20.9. The smallest absolute Gasteiger partial charge is 0.307 e. The molecule has 0 bridgehead atoms. The predicted octanol–water partition coefficient (Wildman–Crippen LogP) is 4.15. The van der Waals surface area contributed by atoms with Crippen LogP contribution in [-0.4, -0.2) is 115 Å². The largest absolute Gasteiger partial charge is 0.481 e. The maximum Gasteiger partial charge on any atom is 0.307 e. The van der Waals surface area contributed by atoms with Crippen LogP contribution in [0.3, 0.4) is 0 Å². The number of benzene rings is 3. The number of hydrogen-bond acceptors (Lipinski definition) is 9. The molecule has 0 radical (unpaired) electrons. The van der Waals surface area contributed by atoms with Gasteiger partial charge in [-0.1, -0.05) is 72.8 Å². The molecule has 0 aliphatic carbocycles. The molecule has 0 saturated carbocycles. The van der Waals surface area contributed by atoms with Crippen LogP contribution < -0.4 is 16.0 Å². The lowest BCUT2D eigenvalue weighted by atomic mass is 9.86. The van der Waals surface area contributed by atoms with E-state index in [2.05, 4.69) is 80.3 Å². The molecule has 7 atom stereocenters. The van der Waals surface area contributed by atoms with Gasteiger partial charge in [-0.15, -0.1) is 0 Å². The number of aliphatic carboxylic acids is 3. The lowest BCUT2D eigenvalue weighted by Gasteiger charge is -2.41. The molecule has 4 aliphatic rings. The molecule has 0 amide bonds. The first-order valence-corrected chi connectivity index (χ1v) is 21.8. The van der Waals surface area contributed by atoms with Crippen molar-refractivity contribution in [3.63, 3.8) is 0 Å². The van der Waals surface area contributed by atoms with Crippen molar-refractivity contribution in [2.75, 3.05) is 65.5 Å². The summed E-state index contributed by atoms with van der Waals surface area (Å²) in [6, 6.07) is 25.1. The van der Waals surface area contributed by atoms with Gasteiger partial charge in [-0.3, -0.25) is 24.2 Å². The average Bonchev–Trinajstić information content (AvgIpc) is 4.05. The van der Waals surface area contributed by atoms with Crippen molar-refractivity contribution in [3.05, 3.63) is 106 Å². The molecule has 12 nitrogen and oxygen atoms in total.